The number of amides is 1. The maximum Gasteiger partial charge on any atom is 0.250 e. The number of rotatable bonds is 3. The molecule has 1 heterocycles. The number of primary amides is 1. The van der Waals surface area contributed by atoms with Gasteiger partial charge in [-0.2, -0.15) is 0 Å². The molecule has 1 atom stereocenters. The van der Waals surface area contributed by atoms with Crippen molar-refractivity contribution in [2.75, 3.05) is 18.4 Å². The molecule has 17 heavy (non-hydrogen) atoms. The molecular weight excluding hydrogens is 282 g/mol. The summed E-state index contributed by atoms with van der Waals surface area (Å²) in [7, 11) is 0. The van der Waals surface area contributed by atoms with E-state index in [1.807, 2.05) is 12.1 Å². The zero-order chi connectivity index (χ0) is 12.5. The van der Waals surface area contributed by atoms with Crippen LogP contribution in [0, 0.1) is 0 Å². The molecule has 1 fully saturated rings. The van der Waals surface area contributed by atoms with Crippen LogP contribution in [-0.2, 0) is 0 Å². The molecule has 2 rings (SSSR count). The number of nitrogens with one attached hydrogen (secondary N) is 2. The van der Waals surface area contributed by atoms with Gasteiger partial charge in [0.15, 0.2) is 0 Å². The Labute approximate surface area is 109 Å². The molecule has 5 heteroatoms. The maximum absolute atomic E-state index is 11.4. The molecule has 1 unspecified atom stereocenters. The Balaban J connectivity index is 2.30. The molecule has 0 radical (unpaired) electrons. The fourth-order valence-electron chi connectivity index (χ4n) is 2.08. The average molecular weight is 298 g/mol. The van der Waals surface area contributed by atoms with Crippen LogP contribution in [-0.4, -0.2) is 24.5 Å². The van der Waals surface area contributed by atoms with Crippen molar-refractivity contribution in [1.29, 1.82) is 0 Å². The highest BCUT2D eigenvalue weighted by molar-refractivity contribution is 9.10. The zero-order valence-corrected chi connectivity index (χ0v) is 11.3. The third kappa shape index (κ3) is 2.79. The van der Waals surface area contributed by atoms with Crippen molar-refractivity contribution >= 4 is 27.5 Å². The zero-order valence-electron chi connectivity index (χ0n) is 9.72. The number of carbonyl (C=O) groups excluding carboxylic acids is 1. The summed E-state index contributed by atoms with van der Waals surface area (Å²) in [4.78, 5) is 11.4. The van der Waals surface area contributed by atoms with E-state index in [0.29, 0.717) is 5.56 Å². The Hall–Kier alpha value is -1.07. The molecule has 4 N–H and O–H groups in total. The minimum Gasteiger partial charge on any atom is -0.378 e. The molecule has 0 aliphatic carbocycles. The molecule has 1 aromatic carbocycles. The van der Waals surface area contributed by atoms with Gasteiger partial charge in [0.1, 0.15) is 0 Å². The number of hydrogen-bond acceptors (Lipinski definition) is 3. The number of carbonyl (C=O) groups is 1. The highest BCUT2D eigenvalue weighted by Gasteiger charge is 2.29. The standard InChI is InChI=1S/C12H16BrN3O/c1-12(4-5-15-7-12)16-10-6-8(13)2-3-9(10)11(14)17/h2-3,6,15-16H,4-5,7H2,1H3,(H2,14,17). The lowest BCUT2D eigenvalue weighted by molar-refractivity contribution is 0.100. The summed E-state index contributed by atoms with van der Waals surface area (Å²) in [5.74, 6) is -0.408. The molecule has 1 aliphatic rings. The summed E-state index contributed by atoms with van der Waals surface area (Å²) in [5, 5.41) is 6.72. The molecule has 0 aromatic heterocycles. The van der Waals surface area contributed by atoms with Crippen molar-refractivity contribution in [3.05, 3.63) is 28.2 Å². The lowest BCUT2D eigenvalue weighted by Crippen LogP contribution is -2.37. The normalized spacial score (nSPS) is 23.6. The predicted molar refractivity (Wildman–Crippen MR) is 72.2 cm³/mol. The van der Waals surface area contributed by atoms with Gasteiger partial charge in [0.25, 0.3) is 5.91 Å². The first kappa shape index (κ1) is 12.4. The predicted octanol–water partition coefficient (Wildman–Crippen LogP) is 1.71. The van der Waals surface area contributed by atoms with E-state index in [4.69, 9.17) is 5.73 Å². The fourth-order valence-corrected chi connectivity index (χ4v) is 2.44. The van der Waals surface area contributed by atoms with Gasteiger partial charge in [-0.05, 0) is 38.1 Å². The molecule has 1 amide bonds. The molecular formula is C12H16BrN3O. The van der Waals surface area contributed by atoms with Crippen LogP contribution in [0.4, 0.5) is 5.69 Å². The van der Waals surface area contributed by atoms with Crippen molar-refractivity contribution in [3.63, 3.8) is 0 Å². The Kier molecular flexibility index (Phi) is 3.40. The van der Waals surface area contributed by atoms with E-state index >= 15 is 0 Å². The van der Waals surface area contributed by atoms with Gasteiger partial charge in [0.2, 0.25) is 0 Å². The van der Waals surface area contributed by atoms with Gasteiger partial charge in [-0.25, -0.2) is 0 Å². The molecule has 1 aromatic rings. The smallest absolute Gasteiger partial charge is 0.250 e. The summed E-state index contributed by atoms with van der Waals surface area (Å²) in [6.07, 6.45) is 1.03. The minimum atomic E-state index is -0.408. The van der Waals surface area contributed by atoms with E-state index in [9.17, 15) is 4.79 Å². The van der Waals surface area contributed by atoms with E-state index in [0.717, 1.165) is 29.7 Å². The second-order valence-corrected chi connectivity index (χ2v) is 5.58. The summed E-state index contributed by atoms with van der Waals surface area (Å²) in [5.41, 5.74) is 6.67. The number of halogens is 1. The molecule has 0 saturated carbocycles. The monoisotopic (exact) mass is 297 g/mol. The van der Waals surface area contributed by atoms with Crippen LogP contribution in [0.1, 0.15) is 23.7 Å². The summed E-state index contributed by atoms with van der Waals surface area (Å²) in [6.45, 7) is 4.01. The number of nitrogens with two attached hydrogens (primary N) is 1. The second kappa shape index (κ2) is 4.66. The van der Waals surface area contributed by atoms with E-state index in [1.54, 1.807) is 6.07 Å². The molecule has 1 aliphatic heterocycles. The fraction of sp³-hybridized carbons (Fsp3) is 0.417. The first-order chi connectivity index (χ1) is 8.00. The molecule has 92 valence electrons. The Morgan fingerprint density at radius 3 is 2.94 bits per heavy atom. The highest BCUT2D eigenvalue weighted by Crippen LogP contribution is 2.26. The van der Waals surface area contributed by atoms with Crippen molar-refractivity contribution in [2.45, 2.75) is 18.9 Å². The highest BCUT2D eigenvalue weighted by atomic mass is 79.9. The van der Waals surface area contributed by atoms with Gasteiger partial charge in [-0.15, -0.1) is 0 Å². The van der Waals surface area contributed by atoms with E-state index in [2.05, 4.69) is 33.5 Å². The Morgan fingerprint density at radius 1 is 1.59 bits per heavy atom. The van der Waals surface area contributed by atoms with Crippen LogP contribution in [0.25, 0.3) is 0 Å². The van der Waals surface area contributed by atoms with E-state index in [1.165, 1.54) is 0 Å². The average Bonchev–Trinajstić information content (AvgIpc) is 2.64. The van der Waals surface area contributed by atoms with Crippen molar-refractivity contribution < 1.29 is 4.79 Å². The molecule has 4 nitrogen and oxygen atoms in total. The maximum atomic E-state index is 11.4. The number of anilines is 1. The van der Waals surface area contributed by atoms with Crippen LogP contribution >= 0.6 is 15.9 Å². The summed E-state index contributed by atoms with van der Waals surface area (Å²) < 4.78 is 0.930. The van der Waals surface area contributed by atoms with Gasteiger partial charge in [0.05, 0.1) is 5.56 Å². The topological polar surface area (TPSA) is 67.1 Å². The van der Waals surface area contributed by atoms with Gasteiger partial charge in [0, 0.05) is 22.2 Å². The van der Waals surface area contributed by atoms with Gasteiger partial charge < -0.3 is 16.4 Å². The van der Waals surface area contributed by atoms with Gasteiger partial charge in [-0.3, -0.25) is 4.79 Å². The SMILES string of the molecule is CC1(Nc2cc(Br)ccc2C(N)=O)CCNC1. The third-order valence-electron chi connectivity index (χ3n) is 3.05. The van der Waals surface area contributed by atoms with Crippen LogP contribution in [0.5, 0.6) is 0 Å². The van der Waals surface area contributed by atoms with E-state index in [-0.39, 0.29) is 5.54 Å². The van der Waals surface area contributed by atoms with Gasteiger partial charge >= 0.3 is 0 Å². The van der Waals surface area contributed by atoms with Crippen molar-refractivity contribution in [2.24, 2.45) is 5.73 Å². The third-order valence-corrected chi connectivity index (χ3v) is 3.55. The lowest BCUT2D eigenvalue weighted by atomic mass is 10.00. The van der Waals surface area contributed by atoms with Crippen LogP contribution in [0.3, 0.4) is 0 Å². The molecule has 0 spiro atoms. The summed E-state index contributed by atoms with van der Waals surface area (Å²) >= 11 is 3.40. The van der Waals surface area contributed by atoms with E-state index < -0.39 is 5.91 Å². The largest absolute Gasteiger partial charge is 0.378 e. The Bertz CT molecular complexity index is 441. The van der Waals surface area contributed by atoms with Crippen LogP contribution in [0.15, 0.2) is 22.7 Å². The lowest BCUT2D eigenvalue weighted by Gasteiger charge is -2.27. The minimum absolute atomic E-state index is 0.0228. The second-order valence-electron chi connectivity index (χ2n) is 4.67. The first-order valence-electron chi connectivity index (χ1n) is 5.58. The van der Waals surface area contributed by atoms with Crippen molar-refractivity contribution in [1.82, 2.24) is 5.32 Å². The van der Waals surface area contributed by atoms with Crippen LogP contribution < -0.4 is 16.4 Å². The number of hydrogen-bond donors (Lipinski definition) is 3. The molecule has 1 saturated heterocycles. The van der Waals surface area contributed by atoms with Crippen molar-refractivity contribution in [3.8, 4) is 0 Å². The first-order valence-corrected chi connectivity index (χ1v) is 6.38. The van der Waals surface area contributed by atoms with Crippen LogP contribution in [0.2, 0.25) is 0 Å². The van der Waals surface area contributed by atoms with Gasteiger partial charge in [-0.1, -0.05) is 15.9 Å². The number of benzene rings is 1. The summed E-state index contributed by atoms with van der Waals surface area (Å²) in [6, 6.07) is 5.45. The quantitative estimate of drug-likeness (QED) is 0.796. The molecule has 0 bridgehead atoms. The Morgan fingerprint density at radius 2 is 2.35 bits per heavy atom.